The highest BCUT2D eigenvalue weighted by atomic mass is 32.2. The summed E-state index contributed by atoms with van der Waals surface area (Å²) in [5.41, 5.74) is 3.12. The first kappa shape index (κ1) is 19.4. The SMILES string of the molecule is CCc1ccc(N[C@H]2NC(=O)/C(=C/c3ccc(OCC(C)C)cc3)S2)cc1. The third kappa shape index (κ3) is 5.54. The van der Waals surface area contributed by atoms with Crippen LogP contribution in [0.5, 0.6) is 5.75 Å². The van der Waals surface area contributed by atoms with E-state index in [9.17, 15) is 4.79 Å². The average molecular weight is 383 g/mol. The zero-order valence-electron chi connectivity index (χ0n) is 16.0. The van der Waals surface area contributed by atoms with Crippen LogP contribution in [0.3, 0.4) is 0 Å². The summed E-state index contributed by atoms with van der Waals surface area (Å²) >= 11 is 1.49. The van der Waals surface area contributed by atoms with Crippen LogP contribution in [0, 0.1) is 5.92 Å². The van der Waals surface area contributed by atoms with Crippen LogP contribution in [0.15, 0.2) is 53.4 Å². The molecule has 0 radical (unpaired) electrons. The van der Waals surface area contributed by atoms with Crippen molar-refractivity contribution in [1.82, 2.24) is 5.32 Å². The second kappa shape index (κ2) is 9.00. The van der Waals surface area contributed by atoms with Gasteiger partial charge in [-0.3, -0.25) is 4.79 Å². The maximum absolute atomic E-state index is 12.3. The summed E-state index contributed by atoms with van der Waals surface area (Å²) in [6, 6.07) is 16.1. The van der Waals surface area contributed by atoms with Crippen molar-refractivity contribution in [3.63, 3.8) is 0 Å². The molecule has 0 unspecified atom stereocenters. The van der Waals surface area contributed by atoms with Crippen LogP contribution in [-0.4, -0.2) is 18.0 Å². The molecule has 142 valence electrons. The molecular formula is C22H26N2O2S. The van der Waals surface area contributed by atoms with Crippen molar-refractivity contribution in [1.29, 1.82) is 0 Å². The Labute approximate surface area is 165 Å². The van der Waals surface area contributed by atoms with Gasteiger partial charge < -0.3 is 15.4 Å². The molecular weight excluding hydrogens is 356 g/mol. The Morgan fingerprint density at radius 2 is 1.85 bits per heavy atom. The summed E-state index contributed by atoms with van der Waals surface area (Å²) in [4.78, 5) is 13.0. The number of carbonyl (C=O) groups excluding carboxylic acids is 1. The first-order chi connectivity index (χ1) is 13.0. The van der Waals surface area contributed by atoms with Gasteiger partial charge in [0, 0.05) is 5.69 Å². The Hall–Kier alpha value is -2.40. The lowest BCUT2D eigenvalue weighted by atomic mass is 10.1. The van der Waals surface area contributed by atoms with Gasteiger partial charge in [-0.15, -0.1) is 0 Å². The minimum Gasteiger partial charge on any atom is -0.493 e. The standard InChI is InChI=1S/C22H26N2O2S/c1-4-16-5-9-18(10-6-16)23-22-24-21(25)20(27-22)13-17-7-11-19(12-8-17)26-14-15(2)3/h5-13,15,22-23H,4,14H2,1-3H3,(H,24,25)/b20-13-/t22-/m0/s1. The largest absolute Gasteiger partial charge is 0.493 e. The second-order valence-corrected chi connectivity index (χ2v) is 8.10. The van der Waals surface area contributed by atoms with Crippen LogP contribution < -0.4 is 15.4 Å². The van der Waals surface area contributed by atoms with Gasteiger partial charge in [0.25, 0.3) is 5.91 Å². The molecule has 0 aliphatic carbocycles. The number of benzene rings is 2. The van der Waals surface area contributed by atoms with E-state index in [4.69, 9.17) is 4.74 Å². The molecule has 0 spiro atoms. The van der Waals surface area contributed by atoms with Crippen molar-refractivity contribution in [3.8, 4) is 5.75 Å². The van der Waals surface area contributed by atoms with E-state index in [1.807, 2.05) is 42.5 Å². The van der Waals surface area contributed by atoms with Gasteiger partial charge in [-0.05, 0) is 53.8 Å². The Balaban J connectivity index is 1.60. The predicted molar refractivity (Wildman–Crippen MR) is 114 cm³/mol. The number of hydrogen-bond donors (Lipinski definition) is 2. The van der Waals surface area contributed by atoms with E-state index in [-0.39, 0.29) is 11.4 Å². The smallest absolute Gasteiger partial charge is 0.260 e. The lowest BCUT2D eigenvalue weighted by molar-refractivity contribution is -0.116. The number of thioether (sulfide) groups is 1. The summed E-state index contributed by atoms with van der Waals surface area (Å²) in [7, 11) is 0. The molecule has 0 saturated carbocycles. The Morgan fingerprint density at radius 1 is 1.15 bits per heavy atom. The van der Waals surface area contributed by atoms with E-state index in [1.54, 1.807) is 0 Å². The highest BCUT2D eigenvalue weighted by molar-refractivity contribution is 8.05. The molecule has 1 heterocycles. The van der Waals surface area contributed by atoms with E-state index >= 15 is 0 Å². The number of hydrogen-bond acceptors (Lipinski definition) is 4. The van der Waals surface area contributed by atoms with Gasteiger partial charge in [-0.2, -0.15) is 0 Å². The van der Waals surface area contributed by atoms with Gasteiger partial charge in [0.2, 0.25) is 0 Å². The Kier molecular flexibility index (Phi) is 6.45. The van der Waals surface area contributed by atoms with Crippen molar-refractivity contribution < 1.29 is 9.53 Å². The monoisotopic (exact) mass is 382 g/mol. The Bertz CT molecular complexity index is 798. The number of rotatable bonds is 7. The summed E-state index contributed by atoms with van der Waals surface area (Å²) in [5, 5.41) is 6.31. The number of carbonyl (C=O) groups is 1. The molecule has 1 atom stereocenters. The average Bonchev–Trinajstić information content (AvgIpc) is 3.00. The fraction of sp³-hybridized carbons (Fsp3) is 0.318. The van der Waals surface area contributed by atoms with Crippen molar-refractivity contribution in [2.75, 3.05) is 11.9 Å². The van der Waals surface area contributed by atoms with Crippen molar-refractivity contribution >= 4 is 29.4 Å². The number of anilines is 1. The van der Waals surface area contributed by atoms with E-state index in [0.717, 1.165) is 23.4 Å². The minimum absolute atomic E-state index is 0.0530. The molecule has 4 nitrogen and oxygen atoms in total. The van der Waals surface area contributed by atoms with Crippen LogP contribution in [0.25, 0.3) is 6.08 Å². The topological polar surface area (TPSA) is 50.4 Å². The third-order valence-electron chi connectivity index (χ3n) is 4.15. The Morgan fingerprint density at radius 3 is 2.48 bits per heavy atom. The molecule has 27 heavy (non-hydrogen) atoms. The highest BCUT2D eigenvalue weighted by Gasteiger charge is 2.27. The molecule has 2 N–H and O–H groups in total. The van der Waals surface area contributed by atoms with E-state index in [2.05, 4.69) is 43.5 Å². The molecule has 1 amide bonds. The van der Waals surface area contributed by atoms with Crippen LogP contribution in [0.1, 0.15) is 31.9 Å². The van der Waals surface area contributed by atoms with E-state index in [0.29, 0.717) is 17.4 Å². The lowest BCUT2D eigenvalue weighted by Gasteiger charge is -2.12. The van der Waals surface area contributed by atoms with Crippen molar-refractivity contribution in [2.45, 2.75) is 32.7 Å². The van der Waals surface area contributed by atoms with Gasteiger partial charge in [-0.25, -0.2) is 0 Å². The van der Waals surface area contributed by atoms with Crippen LogP contribution in [0.2, 0.25) is 0 Å². The fourth-order valence-corrected chi connectivity index (χ4v) is 3.61. The second-order valence-electron chi connectivity index (χ2n) is 6.95. The maximum Gasteiger partial charge on any atom is 0.260 e. The molecule has 1 fully saturated rings. The normalized spacial score (nSPS) is 18.0. The third-order valence-corrected chi connectivity index (χ3v) is 5.18. The molecule has 1 aliphatic rings. The molecule has 1 saturated heterocycles. The van der Waals surface area contributed by atoms with Gasteiger partial charge in [0.1, 0.15) is 5.75 Å². The summed E-state index contributed by atoms with van der Waals surface area (Å²) in [6.07, 6.45) is 2.93. The minimum atomic E-state index is -0.162. The quantitative estimate of drug-likeness (QED) is 0.670. The number of nitrogens with one attached hydrogen (secondary N) is 2. The van der Waals surface area contributed by atoms with Gasteiger partial charge in [0.15, 0.2) is 5.50 Å². The molecule has 2 aromatic rings. The zero-order chi connectivity index (χ0) is 19.2. The van der Waals surface area contributed by atoms with Crippen molar-refractivity contribution in [3.05, 3.63) is 64.6 Å². The van der Waals surface area contributed by atoms with Crippen molar-refractivity contribution in [2.24, 2.45) is 5.92 Å². The molecule has 0 bridgehead atoms. The van der Waals surface area contributed by atoms with Gasteiger partial charge >= 0.3 is 0 Å². The molecule has 2 aromatic carbocycles. The summed E-state index contributed by atoms with van der Waals surface area (Å²) in [6.45, 7) is 7.08. The predicted octanol–water partition coefficient (Wildman–Crippen LogP) is 4.88. The number of aryl methyl sites for hydroxylation is 1. The summed E-state index contributed by atoms with van der Waals surface area (Å²) < 4.78 is 5.70. The van der Waals surface area contributed by atoms with Crippen LogP contribution in [-0.2, 0) is 11.2 Å². The molecule has 3 rings (SSSR count). The first-order valence-electron chi connectivity index (χ1n) is 9.31. The van der Waals surface area contributed by atoms with Crippen LogP contribution >= 0.6 is 11.8 Å². The fourth-order valence-electron chi connectivity index (χ4n) is 2.63. The first-order valence-corrected chi connectivity index (χ1v) is 10.2. The number of amides is 1. The van der Waals surface area contributed by atoms with E-state index < -0.39 is 0 Å². The summed E-state index contributed by atoms with van der Waals surface area (Å²) in [5.74, 6) is 1.29. The number of ether oxygens (including phenoxy) is 1. The van der Waals surface area contributed by atoms with Gasteiger partial charge in [-0.1, -0.05) is 56.8 Å². The molecule has 5 heteroatoms. The van der Waals surface area contributed by atoms with Crippen LogP contribution in [0.4, 0.5) is 5.69 Å². The zero-order valence-corrected chi connectivity index (χ0v) is 16.8. The highest BCUT2D eigenvalue weighted by Crippen LogP contribution is 2.30. The molecule has 0 aromatic heterocycles. The lowest BCUT2D eigenvalue weighted by Crippen LogP contribution is -2.30. The maximum atomic E-state index is 12.3. The molecule has 1 aliphatic heterocycles. The van der Waals surface area contributed by atoms with Gasteiger partial charge in [0.05, 0.1) is 11.5 Å². The van der Waals surface area contributed by atoms with E-state index in [1.165, 1.54) is 17.3 Å².